The van der Waals surface area contributed by atoms with Gasteiger partial charge in [0, 0.05) is 23.7 Å². The fraction of sp³-hybridized carbons (Fsp3) is 0.211. The lowest BCUT2D eigenvalue weighted by atomic mass is 10.0. The number of nitro groups is 1. The second-order valence-electron chi connectivity index (χ2n) is 6.34. The molecule has 4 rings (SSSR count). The van der Waals surface area contributed by atoms with Crippen molar-refractivity contribution in [3.05, 3.63) is 69.0 Å². The molecule has 1 aliphatic heterocycles. The first-order valence-corrected chi connectivity index (χ1v) is 8.99. The monoisotopic (exact) mass is 386 g/mol. The number of hydrogen-bond acceptors (Lipinski definition) is 4. The summed E-state index contributed by atoms with van der Waals surface area (Å²) in [7, 11) is 0. The number of para-hydroxylation sites is 2. The van der Waals surface area contributed by atoms with Crippen LogP contribution in [0.4, 0.5) is 15.9 Å². The minimum atomic E-state index is -0.426. The lowest BCUT2D eigenvalue weighted by Crippen LogP contribution is -2.08. The first-order chi connectivity index (χ1) is 13.1. The van der Waals surface area contributed by atoms with E-state index >= 15 is 0 Å². The van der Waals surface area contributed by atoms with Crippen molar-refractivity contribution >= 4 is 23.1 Å². The molecule has 2 aromatic carbocycles. The molecule has 0 amide bonds. The van der Waals surface area contributed by atoms with Gasteiger partial charge in [-0.1, -0.05) is 23.7 Å². The molecule has 2 heterocycles. The molecule has 1 aliphatic rings. The fourth-order valence-electron chi connectivity index (χ4n) is 3.37. The molecule has 0 saturated heterocycles. The molecule has 0 unspecified atom stereocenters. The van der Waals surface area contributed by atoms with Crippen molar-refractivity contribution in [3.63, 3.8) is 0 Å². The molecule has 0 bridgehead atoms. The van der Waals surface area contributed by atoms with Crippen molar-refractivity contribution in [1.82, 2.24) is 9.78 Å². The highest BCUT2D eigenvalue weighted by atomic mass is 35.5. The van der Waals surface area contributed by atoms with E-state index in [1.54, 1.807) is 28.9 Å². The molecule has 1 N–H and O–H groups in total. The van der Waals surface area contributed by atoms with E-state index in [-0.39, 0.29) is 10.7 Å². The molecule has 0 aliphatic carbocycles. The van der Waals surface area contributed by atoms with Gasteiger partial charge in [-0.3, -0.25) is 10.1 Å². The van der Waals surface area contributed by atoms with Gasteiger partial charge in [0.25, 0.3) is 5.69 Å². The van der Waals surface area contributed by atoms with Crippen molar-refractivity contribution < 1.29 is 9.31 Å². The number of nitro benzene ring substituents is 1. The molecule has 0 radical (unpaired) electrons. The standard InChI is InChI=1S/C19H16ClFN4O2/c20-15-11-12(21)8-9-13(15)18-14-5-3-4-10-22-19(14)24(23-18)16-6-1-2-7-17(16)25(26)27/h1-2,6-9,11,22H,3-5,10H2. The second-order valence-corrected chi connectivity index (χ2v) is 6.75. The first-order valence-electron chi connectivity index (χ1n) is 8.61. The number of nitrogens with zero attached hydrogens (tertiary/aromatic N) is 3. The Hall–Kier alpha value is -2.93. The zero-order valence-corrected chi connectivity index (χ0v) is 15.0. The van der Waals surface area contributed by atoms with Crippen LogP contribution in [0.15, 0.2) is 42.5 Å². The van der Waals surface area contributed by atoms with Crippen LogP contribution in [-0.4, -0.2) is 21.2 Å². The number of nitrogens with one attached hydrogen (secondary N) is 1. The zero-order chi connectivity index (χ0) is 19.0. The number of benzene rings is 2. The molecule has 138 valence electrons. The molecule has 8 heteroatoms. The number of rotatable bonds is 3. The van der Waals surface area contributed by atoms with Crippen LogP contribution in [0.25, 0.3) is 16.9 Å². The molecule has 0 fully saturated rings. The largest absolute Gasteiger partial charge is 0.370 e. The normalized spacial score (nSPS) is 13.6. The van der Waals surface area contributed by atoms with E-state index in [9.17, 15) is 14.5 Å². The summed E-state index contributed by atoms with van der Waals surface area (Å²) in [6.07, 6.45) is 2.68. The first kappa shape index (κ1) is 17.5. The van der Waals surface area contributed by atoms with Crippen LogP contribution in [0.3, 0.4) is 0 Å². The minimum Gasteiger partial charge on any atom is -0.370 e. The SMILES string of the molecule is O=[N+]([O-])c1ccccc1-n1nc(-c2ccc(F)cc2Cl)c2c1NCCCC2. The Bertz CT molecular complexity index is 1030. The van der Waals surface area contributed by atoms with Crippen LogP contribution in [0, 0.1) is 15.9 Å². The molecular formula is C19H16ClFN4O2. The summed E-state index contributed by atoms with van der Waals surface area (Å²) in [6.45, 7) is 0.746. The van der Waals surface area contributed by atoms with Gasteiger partial charge in [0.05, 0.1) is 15.6 Å². The van der Waals surface area contributed by atoms with E-state index in [1.165, 1.54) is 18.2 Å². The third kappa shape index (κ3) is 3.14. The van der Waals surface area contributed by atoms with E-state index in [2.05, 4.69) is 10.4 Å². The van der Waals surface area contributed by atoms with Gasteiger partial charge in [-0.15, -0.1) is 0 Å². The Morgan fingerprint density at radius 2 is 2.04 bits per heavy atom. The number of anilines is 1. The topological polar surface area (TPSA) is 73.0 Å². The van der Waals surface area contributed by atoms with E-state index in [0.29, 0.717) is 16.9 Å². The molecule has 1 aromatic heterocycles. The van der Waals surface area contributed by atoms with Crippen LogP contribution < -0.4 is 5.32 Å². The van der Waals surface area contributed by atoms with Gasteiger partial charge < -0.3 is 5.32 Å². The van der Waals surface area contributed by atoms with Gasteiger partial charge in [-0.05, 0) is 43.5 Å². The van der Waals surface area contributed by atoms with Crippen LogP contribution in [0.1, 0.15) is 18.4 Å². The van der Waals surface area contributed by atoms with Crippen molar-refractivity contribution in [2.45, 2.75) is 19.3 Å². The predicted molar refractivity (Wildman–Crippen MR) is 102 cm³/mol. The summed E-state index contributed by atoms with van der Waals surface area (Å²) < 4.78 is 15.0. The molecule has 3 aromatic rings. The van der Waals surface area contributed by atoms with Gasteiger partial charge in [0.2, 0.25) is 0 Å². The number of hydrogen-bond donors (Lipinski definition) is 1. The van der Waals surface area contributed by atoms with Crippen LogP contribution in [0.2, 0.25) is 5.02 Å². The quantitative estimate of drug-likeness (QED) is 0.508. The molecule has 0 saturated carbocycles. The average molecular weight is 387 g/mol. The summed E-state index contributed by atoms with van der Waals surface area (Å²) >= 11 is 6.27. The van der Waals surface area contributed by atoms with Gasteiger partial charge in [-0.2, -0.15) is 5.10 Å². The third-order valence-electron chi connectivity index (χ3n) is 4.62. The average Bonchev–Trinajstić information content (AvgIpc) is 2.83. The van der Waals surface area contributed by atoms with Crippen molar-refractivity contribution in [2.75, 3.05) is 11.9 Å². The fourth-order valence-corrected chi connectivity index (χ4v) is 3.63. The highest BCUT2D eigenvalue weighted by molar-refractivity contribution is 6.33. The number of halogens is 2. The molecule has 0 spiro atoms. The van der Waals surface area contributed by atoms with Gasteiger partial charge >= 0.3 is 0 Å². The summed E-state index contributed by atoms with van der Waals surface area (Å²) in [6, 6.07) is 10.6. The maximum atomic E-state index is 13.5. The summed E-state index contributed by atoms with van der Waals surface area (Å²) in [4.78, 5) is 11.1. The molecule has 27 heavy (non-hydrogen) atoms. The Balaban J connectivity index is 1.97. The van der Waals surface area contributed by atoms with Crippen molar-refractivity contribution in [3.8, 4) is 16.9 Å². The van der Waals surface area contributed by atoms with E-state index < -0.39 is 10.7 Å². The minimum absolute atomic E-state index is 0.0365. The van der Waals surface area contributed by atoms with E-state index in [0.717, 1.165) is 37.2 Å². The Morgan fingerprint density at radius 3 is 2.81 bits per heavy atom. The summed E-state index contributed by atoms with van der Waals surface area (Å²) in [5.74, 6) is 0.295. The number of aromatic nitrogens is 2. The van der Waals surface area contributed by atoms with Gasteiger partial charge in [-0.25, -0.2) is 9.07 Å². The van der Waals surface area contributed by atoms with Crippen molar-refractivity contribution in [1.29, 1.82) is 0 Å². The highest BCUT2D eigenvalue weighted by Crippen LogP contribution is 2.38. The van der Waals surface area contributed by atoms with Crippen molar-refractivity contribution in [2.24, 2.45) is 0 Å². The Morgan fingerprint density at radius 1 is 1.22 bits per heavy atom. The lowest BCUT2D eigenvalue weighted by Gasteiger charge is -2.09. The lowest BCUT2D eigenvalue weighted by molar-refractivity contribution is -0.384. The van der Waals surface area contributed by atoms with Gasteiger partial charge in [0.15, 0.2) is 0 Å². The maximum Gasteiger partial charge on any atom is 0.294 e. The third-order valence-corrected chi connectivity index (χ3v) is 4.94. The van der Waals surface area contributed by atoms with Gasteiger partial charge in [0.1, 0.15) is 17.3 Å². The molecular weight excluding hydrogens is 371 g/mol. The Kier molecular flexibility index (Phi) is 4.53. The zero-order valence-electron chi connectivity index (χ0n) is 14.3. The maximum absolute atomic E-state index is 13.5. The van der Waals surface area contributed by atoms with E-state index in [4.69, 9.17) is 11.6 Å². The van der Waals surface area contributed by atoms with Crippen LogP contribution in [-0.2, 0) is 6.42 Å². The molecule has 6 nitrogen and oxygen atoms in total. The van der Waals surface area contributed by atoms with Crippen LogP contribution >= 0.6 is 11.6 Å². The predicted octanol–water partition coefficient (Wildman–Crippen LogP) is 4.99. The Labute approximate surface area is 159 Å². The molecule has 0 atom stereocenters. The summed E-state index contributed by atoms with van der Waals surface area (Å²) in [5, 5.41) is 19.7. The number of fused-ring (bicyclic) bond motifs is 1. The second kappa shape index (κ2) is 7.00. The van der Waals surface area contributed by atoms with E-state index in [1.807, 2.05) is 0 Å². The van der Waals surface area contributed by atoms with Crippen LogP contribution in [0.5, 0.6) is 0 Å². The highest BCUT2D eigenvalue weighted by Gasteiger charge is 2.26. The smallest absolute Gasteiger partial charge is 0.294 e. The summed E-state index contributed by atoms with van der Waals surface area (Å²) in [5.41, 5.74) is 2.49.